The van der Waals surface area contributed by atoms with Gasteiger partial charge in [0.1, 0.15) is 6.04 Å². The van der Waals surface area contributed by atoms with Gasteiger partial charge in [0.15, 0.2) is 0 Å². The molecule has 0 aromatic carbocycles. The molecule has 0 N–H and O–H groups in total. The standard InChI is InChI=1S/C17H24N4O2/c1-13-11-16(23-19-13)17(22)21-9-7-20(8-10-21)15(12-18)14-5-3-2-4-6-14/h11,14-15H,2-10H2,1H3. The molecule has 1 saturated carbocycles. The Morgan fingerprint density at radius 3 is 2.57 bits per heavy atom. The van der Waals surface area contributed by atoms with E-state index in [0.717, 1.165) is 25.9 Å². The van der Waals surface area contributed by atoms with E-state index < -0.39 is 0 Å². The van der Waals surface area contributed by atoms with Crippen LogP contribution in [0.2, 0.25) is 0 Å². The quantitative estimate of drug-likeness (QED) is 0.855. The molecular weight excluding hydrogens is 292 g/mol. The summed E-state index contributed by atoms with van der Waals surface area (Å²) in [7, 11) is 0. The van der Waals surface area contributed by atoms with Crippen LogP contribution in [0.15, 0.2) is 10.6 Å². The Morgan fingerprint density at radius 1 is 1.30 bits per heavy atom. The van der Waals surface area contributed by atoms with Crippen molar-refractivity contribution < 1.29 is 9.32 Å². The summed E-state index contributed by atoms with van der Waals surface area (Å²) in [6.07, 6.45) is 6.11. The van der Waals surface area contributed by atoms with Gasteiger partial charge in [-0.15, -0.1) is 0 Å². The van der Waals surface area contributed by atoms with Crippen molar-refractivity contribution in [2.45, 2.75) is 45.1 Å². The van der Waals surface area contributed by atoms with E-state index in [1.165, 1.54) is 19.3 Å². The minimum absolute atomic E-state index is 0.0000703. The number of rotatable bonds is 3. The molecule has 0 spiro atoms. The summed E-state index contributed by atoms with van der Waals surface area (Å²) in [6.45, 7) is 4.61. The highest BCUT2D eigenvalue weighted by Crippen LogP contribution is 2.29. The predicted molar refractivity (Wildman–Crippen MR) is 84.7 cm³/mol. The predicted octanol–water partition coefficient (Wildman–Crippen LogP) is 2.21. The van der Waals surface area contributed by atoms with Crippen LogP contribution in [-0.4, -0.2) is 53.1 Å². The van der Waals surface area contributed by atoms with Gasteiger partial charge in [-0.3, -0.25) is 9.69 Å². The second-order valence-electron chi connectivity index (χ2n) is 6.63. The van der Waals surface area contributed by atoms with Gasteiger partial charge in [-0.25, -0.2) is 0 Å². The minimum Gasteiger partial charge on any atom is -0.351 e. The Morgan fingerprint density at radius 2 is 2.00 bits per heavy atom. The highest BCUT2D eigenvalue weighted by molar-refractivity contribution is 5.91. The molecule has 6 nitrogen and oxygen atoms in total. The monoisotopic (exact) mass is 316 g/mol. The number of carbonyl (C=O) groups is 1. The second-order valence-corrected chi connectivity index (χ2v) is 6.63. The van der Waals surface area contributed by atoms with E-state index in [1.807, 2.05) is 0 Å². The first-order valence-corrected chi connectivity index (χ1v) is 8.55. The highest BCUT2D eigenvalue weighted by atomic mass is 16.5. The lowest BCUT2D eigenvalue weighted by Gasteiger charge is -2.40. The van der Waals surface area contributed by atoms with Crippen molar-refractivity contribution in [1.82, 2.24) is 15.0 Å². The third-order valence-corrected chi connectivity index (χ3v) is 5.06. The molecule has 1 aromatic heterocycles. The molecule has 23 heavy (non-hydrogen) atoms. The van der Waals surface area contributed by atoms with Gasteiger partial charge in [-0.1, -0.05) is 24.4 Å². The maximum atomic E-state index is 12.4. The van der Waals surface area contributed by atoms with Crippen molar-refractivity contribution in [3.05, 3.63) is 17.5 Å². The number of hydrogen-bond acceptors (Lipinski definition) is 5. The summed E-state index contributed by atoms with van der Waals surface area (Å²) in [5.74, 6) is 0.699. The van der Waals surface area contributed by atoms with E-state index in [0.29, 0.717) is 30.5 Å². The lowest BCUT2D eigenvalue weighted by atomic mass is 9.83. The van der Waals surface area contributed by atoms with Gasteiger partial charge in [0.2, 0.25) is 5.76 Å². The highest BCUT2D eigenvalue weighted by Gasteiger charge is 2.32. The number of nitriles is 1. The summed E-state index contributed by atoms with van der Waals surface area (Å²) in [4.78, 5) is 16.4. The largest absolute Gasteiger partial charge is 0.351 e. The zero-order valence-corrected chi connectivity index (χ0v) is 13.7. The fourth-order valence-corrected chi connectivity index (χ4v) is 3.76. The minimum atomic E-state index is -0.101. The van der Waals surface area contributed by atoms with Gasteiger partial charge in [0.25, 0.3) is 5.91 Å². The van der Waals surface area contributed by atoms with Crippen LogP contribution in [0.1, 0.15) is 48.4 Å². The number of aromatic nitrogens is 1. The molecule has 2 fully saturated rings. The number of piperazine rings is 1. The fraction of sp³-hybridized carbons (Fsp3) is 0.706. The molecule has 6 heteroatoms. The van der Waals surface area contributed by atoms with Crippen LogP contribution >= 0.6 is 0 Å². The van der Waals surface area contributed by atoms with Gasteiger partial charge in [0, 0.05) is 32.2 Å². The lowest BCUT2D eigenvalue weighted by Crippen LogP contribution is -2.53. The van der Waals surface area contributed by atoms with E-state index in [2.05, 4.69) is 16.1 Å². The van der Waals surface area contributed by atoms with Crippen LogP contribution in [0, 0.1) is 24.2 Å². The molecule has 0 bridgehead atoms. The third-order valence-electron chi connectivity index (χ3n) is 5.06. The van der Waals surface area contributed by atoms with Crippen LogP contribution in [0.4, 0.5) is 0 Å². The zero-order valence-electron chi connectivity index (χ0n) is 13.7. The Hall–Kier alpha value is -1.87. The summed E-state index contributed by atoms with van der Waals surface area (Å²) >= 11 is 0. The van der Waals surface area contributed by atoms with E-state index in [-0.39, 0.29) is 11.9 Å². The lowest BCUT2D eigenvalue weighted by molar-refractivity contribution is 0.0504. The average molecular weight is 316 g/mol. The van der Waals surface area contributed by atoms with Crippen molar-refractivity contribution in [1.29, 1.82) is 5.26 Å². The number of carbonyl (C=O) groups excluding carboxylic acids is 1. The Balaban J connectivity index is 1.57. The van der Waals surface area contributed by atoms with Crippen molar-refractivity contribution in [2.24, 2.45) is 5.92 Å². The third kappa shape index (κ3) is 3.56. The maximum absolute atomic E-state index is 12.4. The van der Waals surface area contributed by atoms with Crippen molar-refractivity contribution >= 4 is 5.91 Å². The summed E-state index contributed by atoms with van der Waals surface area (Å²) in [5, 5.41) is 13.4. The number of nitrogens with zero attached hydrogens (tertiary/aromatic N) is 4. The van der Waals surface area contributed by atoms with E-state index in [4.69, 9.17) is 4.52 Å². The van der Waals surface area contributed by atoms with Crippen molar-refractivity contribution in [2.75, 3.05) is 26.2 Å². The molecular formula is C17H24N4O2. The Bertz CT molecular complexity index is 578. The fourth-order valence-electron chi connectivity index (χ4n) is 3.76. The molecule has 1 saturated heterocycles. The van der Waals surface area contributed by atoms with E-state index in [9.17, 15) is 10.1 Å². The molecule has 2 aliphatic rings. The zero-order chi connectivity index (χ0) is 16.2. The topological polar surface area (TPSA) is 73.4 Å². The summed E-state index contributed by atoms with van der Waals surface area (Å²) in [5.41, 5.74) is 0.717. The second kappa shape index (κ2) is 7.14. The van der Waals surface area contributed by atoms with Crippen LogP contribution in [0.25, 0.3) is 0 Å². The summed E-state index contributed by atoms with van der Waals surface area (Å²) in [6, 6.07) is 4.19. The van der Waals surface area contributed by atoms with Crippen molar-refractivity contribution in [3.63, 3.8) is 0 Å². The summed E-state index contributed by atoms with van der Waals surface area (Å²) < 4.78 is 5.06. The van der Waals surface area contributed by atoms with E-state index >= 15 is 0 Å². The average Bonchev–Trinajstić information content (AvgIpc) is 3.03. The Kier molecular flexibility index (Phi) is 4.97. The van der Waals surface area contributed by atoms with E-state index in [1.54, 1.807) is 17.9 Å². The molecule has 1 aromatic rings. The SMILES string of the molecule is Cc1cc(C(=O)N2CCN(C(C#N)C3CCCCC3)CC2)on1. The first-order chi connectivity index (χ1) is 11.2. The molecule has 0 radical (unpaired) electrons. The van der Waals surface area contributed by atoms with Gasteiger partial charge in [-0.05, 0) is 25.7 Å². The number of aryl methyl sites for hydroxylation is 1. The number of hydrogen-bond donors (Lipinski definition) is 0. The van der Waals surface area contributed by atoms with Gasteiger partial charge in [-0.2, -0.15) is 5.26 Å². The number of amides is 1. The Labute approximate surface area is 137 Å². The van der Waals surface area contributed by atoms with Gasteiger partial charge < -0.3 is 9.42 Å². The molecule has 1 aliphatic heterocycles. The van der Waals surface area contributed by atoms with Crippen LogP contribution in [-0.2, 0) is 0 Å². The molecule has 1 atom stereocenters. The van der Waals surface area contributed by atoms with Crippen LogP contribution in [0.5, 0.6) is 0 Å². The first kappa shape index (κ1) is 16.0. The molecule has 1 unspecified atom stereocenters. The van der Waals surface area contributed by atoms with Gasteiger partial charge >= 0.3 is 0 Å². The molecule has 124 valence electrons. The van der Waals surface area contributed by atoms with Crippen molar-refractivity contribution in [3.8, 4) is 6.07 Å². The molecule has 1 amide bonds. The molecule has 2 heterocycles. The van der Waals surface area contributed by atoms with Crippen LogP contribution in [0.3, 0.4) is 0 Å². The first-order valence-electron chi connectivity index (χ1n) is 8.55. The molecule has 1 aliphatic carbocycles. The normalized spacial score (nSPS) is 21.8. The molecule has 3 rings (SSSR count). The van der Waals surface area contributed by atoms with Crippen LogP contribution < -0.4 is 0 Å². The van der Waals surface area contributed by atoms with Gasteiger partial charge in [0.05, 0.1) is 11.8 Å². The smallest absolute Gasteiger partial charge is 0.292 e. The maximum Gasteiger partial charge on any atom is 0.292 e.